The zero-order chi connectivity index (χ0) is 13.8. The summed E-state index contributed by atoms with van der Waals surface area (Å²) in [6, 6.07) is 0. The lowest BCUT2D eigenvalue weighted by molar-refractivity contribution is -0.147. The maximum Gasteiger partial charge on any atom is 0.309 e. The summed E-state index contributed by atoms with van der Waals surface area (Å²) in [5.74, 6) is 0.797. The molecule has 3 heteroatoms. The lowest BCUT2D eigenvalue weighted by Gasteiger charge is -2.31. The summed E-state index contributed by atoms with van der Waals surface area (Å²) >= 11 is 0. The van der Waals surface area contributed by atoms with Gasteiger partial charge in [0.25, 0.3) is 0 Å². The number of carbonyl (C=O) groups is 1. The van der Waals surface area contributed by atoms with Crippen molar-refractivity contribution in [2.75, 3.05) is 6.61 Å². The molecule has 1 saturated carbocycles. The van der Waals surface area contributed by atoms with Gasteiger partial charge in [-0.25, -0.2) is 0 Å². The molecule has 1 fully saturated rings. The Hall–Kier alpha value is -0.570. The molecule has 0 bridgehead atoms. The Bertz CT molecular complexity index is 263. The van der Waals surface area contributed by atoms with Gasteiger partial charge >= 0.3 is 5.97 Å². The largest absolute Gasteiger partial charge is 0.481 e. The molecule has 0 heterocycles. The van der Waals surface area contributed by atoms with Crippen LogP contribution in [-0.4, -0.2) is 23.8 Å². The van der Waals surface area contributed by atoms with Gasteiger partial charge in [-0.15, -0.1) is 0 Å². The molecular formula is C15H28O3. The van der Waals surface area contributed by atoms with Crippen molar-refractivity contribution >= 4 is 5.97 Å². The highest BCUT2D eigenvalue weighted by atomic mass is 16.5. The van der Waals surface area contributed by atoms with Crippen LogP contribution in [-0.2, 0) is 9.53 Å². The van der Waals surface area contributed by atoms with Crippen LogP contribution in [0, 0.1) is 17.3 Å². The first kappa shape index (κ1) is 15.5. The Morgan fingerprint density at radius 1 is 1.22 bits per heavy atom. The van der Waals surface area contributed by atoms with Gasteiger partial charge in [0.15, 0.2) is 0 Å². The fourth-order valence-electron chi connectivity index (χ4n) is 2.88. The zero-order valence-corrected chi connectivity index (χ0v) is 12.2. The number of ether oxygens (including phenoxy) is 1. The fourth-order valence-corrected chi connectivity index (χ4v) is 2.88. The van der Waals surface area contributed by atoms with Crippen molar-refractivity contribution in [3.05, 3.63) is 0 Å². The first-order chi connectivity index (χ1) is 8.31. The second-order valence-electron chi connectivity index (χ2n) is 6.70. The topological polar surface area (TPSA) is 46.5 Å². The molecule has 1 rings (SSSR count). The monoisotopic (exact) mass is 256 g/mol. The highest BCUT2D eigenvalue weighted by molar-refractivity contribution is 5.73. The van der Waals surface area contributed by atoms with Crippen LogP contribution in [0.1, 0.15) is 59.8 Å². The third kappa shape index (κ3) is 4.97. The van der Waals surface area contributed by atoms with Crippen LogP contribution >= 0.6 is 0 Å². The van der Waals surface area contributed by atoms with E-state index in [1.165, 1.54) is 6.42 Å². The molecule has 0 aliphatic heterocycles. The zero-order valence-electron chi connectivity index (χ0n) is 12.2. The van der Waals surface area contributed by atoms with Gasteiger partial charge in [0.2, 0.25) is 0 Å². The van der Waals surface area contributed by atoms with Crippen LogP contribution < -0.4 is 0 Å². The maximum atomic E-state index is 11.0. The van der Waals surface area contributed by atoms with Gasteiger partial charge in [0, 0.05) is 6.61 Å². The Labute approximate surface area is 111 Å². The minimum Gasteiger partial charge on any atom is -0.481 e. The van der Waals surface area contributed by atoms with Crippen LogP contribution in [0.5, 0.6) is 0 Å². The van der Waals surface area contributed by atoms with Crippen molar-refractivity contribution in [2.45, 2.75) is 65.9 Å². The summed E-state index contributed by atoms with van der Waals surface area (Å²) in [4.78, 5) is 11.0. The summed E-state index contributed by atoms with van der Waals surface area (Å²) in [6.07, 6.45) is 5.53. The van der Waals surface area contributed by atoms with Crippen LogP contribution in [0.4, 0.5) is 0 Å². The molecule has 0 saturated heterocycles. The van der Waals surface area contributed by atoms with Crippen LogP contribution in [0.2, 0.25) is 0 Å². The average Bonchev–Trinajstić information content (AvgIpc) is 2.23. The second-order valence-corrected chi connectivity index (χ2v) is 6.70. The van der Waals surface area contributed by atoms with Crippen molar-refractivity contribution in [2.24, 2.45) is 17.3 Å². The van der Waals surface area contributed by atoms with E-state index in [9.17, 15) is 4.79 Å². The van der Waals surface area contributed by atoms with E-state index in [1.54, 1.807) is 13.8 Å². The fraction of sp³-hybridized carbons (Fsp3) is 0.933. The van der Waals surface area contributed by atoms with Gasteiger partial charge in [0.05, 0.1) is 11.5 Å². The van der Waals surface area contributed by atoms with Crippen molar-refractivity contribution < 1.29 is 14.6 Å². The molecule has 0 aromatic rings. The van der Waals surface area contributed by atoms with Crippen LogP contribution in [0.3, 0.4) is 0 Å². The molecule has 0 amide bonds. The first-order valence-electron chi connectivity index (χ1n) is 7.16. The molecule has 3 nitrogen and oxygen atoms in total. The summed E-state index contributed by atoms with van der Waals surface area (Å²) < 4.78 is 5.91. The number of hydrogen-bond acceptors (Lipinski definition) is 2. The summed E-state index contributed by atoms with van der Waals surface area (Å²) in [6.45, 7) is 8.83. The van der Waals surface area contributed by atoms with E-state index in [0.717, 1.165) is 31.1 Å². The first-order valence-corrected chi connectivity index (χ1v) is 7.16. The van der Waals surface area contributed by atoms with Gasteiger partial charge in [-0.1, -0.05) is 13.8 Å². The predicted molar refractivity (Wildman–Crippen MR) is 72.6 cm³/mol. The van der Waals surface area contributed by atoms with E-state index in [2.05, 4.69) is 13.8 Å². The number of aliphatic carboxylic acids is 1. The minimum atomic E-state index is -0.720. The molecule has 2 atom stereocenters. The highest BCUT2D eigenvalue weighted by Crippen LogP contribution is 2.30. The van der Waals surface area contributed by atoms with E-state index in [1.807, 2.05) is 0 Å². The van der Waals surface area contributed by atoms with Gasteiger partial charge in [-0.3, -0.25) is 4.79 Å². The SMILES string of the molecule is CC1CC(C)CC(OCCCC(C)(C)C(=O)O)C1. The smallest absolute Gasteiger partial charge is 0.309 e. The van der Waals surface area contributed by atoms with E-state index in [0.29, 0.717) is 19.1 Å². The highest BCUT2D eigenvalue weighted by Gasteiger charge is 2.27. The Morgan fingerprint density at radius 3 is 2.28 bits per heavy atom. The van der Waals surface area contributed by atoms with Crippen molar-refractivity contribution in [1.29, 1.82) is 0 Å². The summed E-state index contributed by atoms with van der Waals surface area (Å²) in [5, 5.41) is 9.02. The number of carboxylic acid groups (broad SMARTS) is 1. The maximum absolute atomic E-state index is 11.0. The Morgan fingerprint density at radius 2 is 1.78 bits per heavy atom. The Balaban J connectivity index is 2.20. The molecule has 106 valence electrons. The summed E-state index contributed by atoms with van der Waals surface area (Å²) in [7, 11) is 0. The molecule has 1 aliphatic rings. The molecule has 2 unspecified atom stereocenters. The van der Waals surface area contributed by atoms with Gasteiger partial charge in [0.1, 0.15) is 0 Å². The van der Waals surface area contributed by atoms with E-state index >= 15 is 0 Å². The molecule has 0 spiro atoms. The second kappa shape index (κ2) is 6.55. The standard InChI is InChI=1S/C15H28O3/c1-11-8-12(2)10-13(9-11)18-7-5-6-15(3,4)14(16)17/h11-13H,5-10H2,1-4H3,(H,16,17). The third-order valence-electron chi connectivity index (χ3n) is 4.01. The van der Waals surface area contributed by atoms with Gasteiger partial charge < -0.3 is 9.84 Å². The van der Waals surface area contributed by atoms with Crippen LogP contribution in [0.25, 0.3) is 0 Å². The Kier molecular flexibility index (Phi) is 5.64. The summed E-state index contributed by atoms with van der Waals surface area (Å²) in [5.41, 5.74) is -0.628. The van der Waals surface area contributed by atoms with Crippen molar-refractivity contribution in [3.8, 4) is 0 Å². The third-order valence-corrected chi connectivity index (χ3v) is 4.01. The van der Waals surface area contributed by atoms with Crippen LogP contribution in [0.15, 0.2) is 0 Å². The molecule has 18 heavy (non-hydrogen) atoms. The van der Waals surface area contributed by atoms with Crippen molar-refractivity contribution in [1.82, 2.24) is 0 Å². The molecule has 0 radical (unpaired) electrons. The molecule has 0 aromatic carbocycles. The minimum absolute atomic E-state index is 0.386. The van der Waals surface area contributed by atoms with E-state index in [-0.39, 0.29) is 0 Å². The lowest BCUT2D eigenvalue weighted by Crippen LogP contribution is -2.27. The molecule has 1 N–H and O–H groups in total. The average molecular weight is 256 g/mol. The number of hydrogen-bond donors (Lipinski definition) is 1. The van der Waals surface area contributed by atoms with Gasteiger partial charge in [-0.2, -0.15) is 0 Å². The molecular weight excluding hydrogens is 228 g/mol. The van der Waals surface area contributed by atoms with Crippen molar-refractivity contribution in [3.63, 3.8) is 0 Å². The molecule has 1 aliphatic carbocycles. The quantitative estimate of drug-likeness (QED) is 0.737. The van der Waals surface area contributed by atoms with Gasteiger partial charge in [-0.05, 0) is 57.8 Å². The normalized spacial score (nSPS) is 29.2. The van der Waals surface area contributed by atoms with E-state index < -0.39 is 11.4 Å². The lowest BCUT2D eigenvalue weighted by atomic mass is 9.82. The molecule has 0 aromatic heterocycles. The van der Waals surface area contributed by atoms with E-state index in [4.69, 9.17) is 9.84 Å². The number of carboxylic acids is 1. The number of rotatable bonds is 6. The predicted octanol–water partition coefficient (Wildman–Crippen LogP) is 3.72.